The van der Waals surface area contributed by atoms with E-state index in [1.165, 1.54) is 0 Å². The van der Waals surface area contributed by atoms with Gasteiger partial charge in [0.05, 0.1) is 6.61 Å². The van der Waals surface area contributed by atoms with Gasteiger partial charge >= 0.3 is 0 Å². The summed E-state index contributed by atoms with van der Waals surface area (Å²) in [6, 6.07) is 4.02. The summed E-state index contributed by atoms with van der Waals surface area (Å²) in [6.45, 7) is 1.54. The molecule has 0 amide bonds. The molecule has 0 fully saturated rings. The highest BCUT2D eigenvalue weighted by Gasteiger charge is 1.96. The fourth-order valence-corrected chi connectivity index (χ4v) is 1.10. The highest BCUT2D eigenvalue weighted by atomic mass is 16.3. The molecule has 1 aromatic rings. The van der Waals surface area contributed by atoms with E-state index in [2.05, 4.69) is 10.3 Å². The van der Waals surface area contributed by atoms with Crippen LogP contribution in [0.25, 0.3) is 0 Å². The van der Waals surface area contributed by atoms with E-state index in [0.717, 1.165) is 17.9 Å². The van der Waals surface area contributed by atoms with Gasteiger partial charge in [-0.3, -0.25) is 0 Å². The maximum atomic E-state index is 8.58. The number of nitrogens with one attached hydrogen (secondary N) is 1. The van der Waals surface area contributed by atoms with Crippen molar-refractivity contribution in [3.63, 3.8) is 0 Å². The lowest BCUT2D eigenvalue weighted by atomic mass is 10.3. The molecular weight excluding hydrogens is 178 g/mol. The molecule has 0 radical (unpaired) electrons. The summed E-state index contributed by atoms with van der Waals surface area (Å²) < 4.78 is 0. The monoisotopic (exact) mass is 195 g/mol. The van der Waals surface area contributed by atoms with Crippen molar-refractivity contribution in [2.45, 2.75) is 6.54 Å². The molecule has 0 unspecified atom stereocenters. The molecule has 2 N–H and O–H groups in total. The molecule has 0 bridgehead atoms. The minimum atomic E-state index is 0.170. The van der Waals surface area contributed by atoms with Gasteiger partial charge in [0.25, 0.3) is 0 Å². The van der Waals surface area contributed by atoms with Crippen molar-refractivity contribution in [3.05, 3.63) is 23.9 Å². The molecule has 1 heterocycles. The quantitative estimate of drug-likeness (QED) is 0.660. The standard InChI is InChI=1S/C10H17N3O/c1-13(2)10-4-3-9(8-12-10)7-11-5-6-14/h3-4,8,11,14H,5-7H2,1-2H3. The largest absolute Gasteiger partial charge is 0.395 e. The first-order valence-electron chi connectivity index (χ1n) is 4.68. The third-order valence-corrected chi connectivity index (χ3v) is 1.89. The average Bonchev–Trinajstić information content (AvgIpc) is 2.19. The Labute approximate surface area is 84.6 Å². The van der Waals surface area contributed by atoms with E-state index in [0.29, 0.717) is 6.54 Å². The van der Waals surface area contributed by atoms with Crippen LogP contribution in [0.1, 0.15) is 5.56 Å². The summed E-state index contributed by atoms with van der Waals surface area (Å²) in [5.74, 6) is 0.955. The maximum absolute atomic E-state index is 8.58. The average molecular weight is 195 g/mol. The Hall–Kier alpha value is -1.13. The van der Waals surface area contributed by atoms with E-state index >= 15 is 0 Å². The van der Waals surface area contributed by atoms with E-state index in [-0.39, 0.29) is 6.61 Å². The SMILES string of the molecule is CN(C)c1ccc(CNCCO)cn1. The number of pyridine rings is 1. The van der Waals surface area contributed by atoms with E-state index in [1.807, 2.05) is 37.3 Å². The molecule has 1 aromatic heterocycles. The lowest BCUT2D eigenvalue weighted by Crippen LogP contribution is -2.17. The molecular formula is C10H17N3O. The highest BCUT2D eigenvalue weighted by molar-refractivity contribution is 5.37. The van der Waals surface area contributed by atoms with E-state index in [9.17, 15) is 0 Å². The first-order chi connectivity index (χ1) is 6.74. The summed E-state index contributed by atoms with van der Waals surface area (Å²) in [5, 5.41) is 11.7. The summed E-state index contributed by atoms with van der Waals surface area (Å²) >= 11 is 0. The first kappa shape index (κ1) is 10.9. The lowest BCUT2D eigenvalue weighted by molar-refractivity contribution is 0.292. The van der Waals surface area contributed by atoms with Crippen molar-refractivity contribution in [2.24, 2.45) is 0 Å². The molecule has 0 spiro atoms. The molecule has 14 heavy (non-hydrogen) atoms. The summed E-state index contributed by atoms with van der Waals surface area (Å²) in [7, 11) is 3.93. The number of hydrogen-bond donors (Lipinski definition) is 2. The normalized spacial score (nSPS) is 10.2. The Kier molecular flexibility index (Phi) is 4.35. The van der Waals surface area contributed by atoms with Crippen molar-refractivity contribution in [2.75, 3.05) is 32.1 Å². The fourth-order valence-electron chi connectivity index (χ4n) is 1.10. The zero-order valence-electron chi connectivity index (χ0n) is 8.70. The second-order valence-electron chi connectivity index (χ2n) is 3.32. The Morgan fingerprint density at radius 2 is 2.21 bits per heavy atom. The van der Waals surface area contributed by atoms with Crippen molar-refractivity contribution in [1.82, 2.24) is 10.3 Å². The molecule has 0 saturated heterocycles. The van der Waals surface area contributed by atoms with Gasteiger partial charge in [0.1, 0.15) is 5.82 Å². The summed E-state index contributed by atoms with van der Waals surface area (Å²) in [4.78, 5) is 6.24. The third kappa shape index (κ3) is 3.32. The zero-order chi connectivity index (χ0) is 10.4. The molecule has 78 valence electrons. The van der Waals surface area contributed by atoms with Crippen LogP contribution >= 0.6 is 0 Å². The molecule has 0 aliphatic heterocycles. The Morgan fingerprint density at radius 1 is 1.43 bits per heavy atom. The highest BCUT2D eigenvalue weighted by Crippen LogP contribution is 2.07. The Morgan fingerprint density at radius 3 is 2.71 bits per heavy atom. The molecule has 4 heteroatoms. The second kappa shape index (κ2) is 5.57. The predicted octanol–water partition coefficient (Wildman–Crippen LogP) is 0.229. The van der Waals surface area contributed by atoms with Crippen LogP contribution in [0.2, 0.25) is 0 Å². The number of nitrogens with zero attached hydrogens (tertiary/aromatic N) is 2. The van der Waals surface area contributed by atoms with Crippen LogP contribution in [0.4, 0.5) is 5.82 Å². The van der Waals surface area contributed by atoms with Crippen molar-refractivity contribution < 1.29 is 5.11 Å². The van der Waals surface area contributed by atoms with Crippen LogP contribution < -0.4 is 10.2 Å². The molecule has 0 aromatic carbocycles. The number of rotatable bonds is 5. The topological polar surface area (TPSA) is 48.4 Å². The fraction of sp³-hybridized carbons (Fsp3) is 0.500. The second-order valence-corrected chi connectivity index (χ2v) is 3.32. The van der Waals surface area contributed by atoms with Gasteiger partial charge < -0.3 is 15.3 Å². The summed E-state index contributed by atoms with van der Waals surface area (Å²) in [5.41, 5.74) is 1.13. The minimum absolute atomic E-state index is 0.170. The number of hydrogen-bond acceptors (Lipinski definition) is 4. The maximum Gasteiger partial charge on any atom is 0.127 e. The molecule has 0 atom stereocenters. The molecule has 4 nitrogen and oxygen atoms in total. The molecule has 0 saturated carbocycles. The first-order valence-corrected chi connectivity index (χ1v) is 4.68. The van der Waals surface area contributed by atoms with Gasteiger partial charge in [-0.25, -0.2) is 4.98 Å². The van der Waals surface area contributed by atoms with Crippen LogP contribution in [0, 0.1) is 0 Å². The van der Waals surface area contributed by atoms with Crippen LogP contribution in [0.15, 0.2) is 18.3 Å². The van der Waals surface area contributed by atoms with Crippen LogP contribution in [-0.4, -0.2) is 37.3 Å². The summed E-state index contributed by atoms with van der Waals surface area (Å²) in [6.07, 6.45) is 1.85. The third-order valence-electron chi connectivity index (χ3n) is 1.89. The van der Waals surface area contributed by atoms with E-state index in [1.54, 1.807) is 0 Å². The van der Waals surface area contributed by atoms with Gasteiger partial charge in [0.2, 0.25) is 0 Å². The van der Waals surface area contributed by atoms with Crippen LogP contribution in [0.3, 0.4) is 0 Å². The van der Waals surface area contributed by atoms with E-state index in [4.69, 9.17) is 5.11 Å². The zero-order valence-corrected chi connectivity index (χ0v) is 8.70. The van der Waals surface area contributed by atoms with Gasteiger partial charge in [-0.1, -0.05) is 6.07 Å². The van der Waals surface area contributed by atoms with Gasteiger partial charge in [-0.2, -0.15) is 0 Å². The molecule has 1 rings (SSSR count). The van der Waals surface area contributed by atoms with Crippen molar-refractivity contribution in [1.29, 1.82) is 0 Å². The van der Waals surface area contributed by atoms with E-state index < -0.39 is 0 Å². The number of aliphatic hydroxyl groups excluding tert-OH is 1. The van der Waals surface area contributed by atoms with Gasteiger partial charge in [-0.15, -0.1) is 0 Å². The lowest BCUT2D eigenvalue weighted by Gasteiger charge is -2.11. The van der Waals surface area contributed by atoms with Crippen molar-refractivity contribution in [3.8, 4) is 0 Å². The number of aromatic nitrogens is 1. The minimum Gasteiger partial charge on any atom is -0.395 e. The predicted molar refractivity (Wildman–Crippen MR) is 57.4 cm³/mol. The number of anilines is 1. The van der Waals surface area contributed by atoms with Gasteiger partial charge in [0, 0.05) is 33.4 Å². The Bertz CT molecular complexity index is 259. The van der Waals surface area contributed by atoms with Crippen LogP contribution in [-0.2, 0) is 6.54 Å². The number of aliphatic hydroxyl groups is 1. The smallest absolute Gasteiger partial charge is 0.127 e. The van der Waals surface area contributed by atoms with Gasteiger partial charge in [-0.05, 0) is 11.6 Å². The van der Waals surface area contributed by atoms with Gasteiger partial charge in [0.15, 0.2) is 0 Å². The molecule has 0 aliphatic rings. The van der Waals surface area contributed by atoms with Crippen LogP contribution in [0.5, 0.6) is 0 Å². The Balaban J connectivity index is 2.47. The molecule has 0 aliphatic carbocycles. The van der Waals surface area contributed by atoms with Crippen molar-refractivity contribution >= 4 is 5.82 Å².